The Morgan fingerprint density at radius 1 is 1.00 bits per heavy atom. The van der Waals surface area contributed by atoms with E-state index in [0.717, 1.165) is 5.75 Å². The summed E-state index contributed by atoms with van der Waals surface area (Å²) < 4.78 is 6.00. The predicted molar refractivity (Wildman–Crippen MR) is 70.4 cm³/mol. The van der Waals surface area contributed by atoms with Crippen LogP contribution in [0.15, 0.2) is 12.1 Å². The van der Waals surface area contributed by atoms with Crippen molar-refractivity contribution in [2.24, 2.45) is 0 Å². The zero-order valence-corrected chi connectivity index (χ0v) is 11.6. The molecule has 0 saturated carbocycles. The fourth-order valence-corrected chi connectivity index (χ4v) is 1.78. The van der Waals surface area contributed by atoms with Gasteiger partial charge in [0.15, 0.2) is 0 Å². The average molecular weight is 220 g/mol. The molecule has 0 fully saturated rings. The maximum Gasteiger partial charge on any atom is 0.125 e. The van der Waals surface area contributed by atoms with E-state index >= 15 is 0 Å². The lowest BCUT2D eigenvalue weighted by atomic mass is 9.97. The summed E-state index contributed by atoms with van der Waals surface area (Å²) in [6.45, 7) is 14.9. The van der Waals surface area contributed by atoms with Gasteiger partial charge in [-0.1, -0.05) is 26.0 Å². The highest BCUT2D eigenvalue weighted by Gasteiger charge is 2.16. The standard InChI is InChI=1S/C15H24O/c1-10(2)13-8-11(3)14(12(4)9-13)16-15(5,6)7/h8-10H,1-7H3. The van der Waals surface area contributed by atoms with Gasteiger partial charge in [-0.25, -0.2) is 0 Å². The number of hydrogen-bond acceptors (Lipinski definition) is 1. The Balaban J connectivity index is 3.13. The van der Waals surface area contributed by atoms with Crippen molar-refractivity contribution in [1.82, 2.24) is 0 Å². The van der Waals surface area contributed by atoms with Crippen molar-refractivity contribution in [2.45, 2.75) is 60.0 Å². The summed E-state index contributed by atoms with van der Waals surface area (Å²) in [6, 6.07) is 4.47. The highest BCUT2D eigenvalue weighted by atomic mass is 16.5. The number of aryl methyl sites for hydroxylation is 2. The molecular formula is C15H24O. The first-order chi connectivity index (χ1) is 7.20. The maximum atomic E-state index is 6.00. The molecule has 0 heterocycles. The lowest BCUT2D eigenvalue weighted by Crippen LogP contribution is -2.24. The fraction of sp³-hybridized carbons (Fsp3) is 0.600. The van der Waals surface area contributed by atoms with Crippen LogP contribution in [-0.2, 0) is 0 Å². The Labute approximate surface area is 99.8 Å². The fourth-order valence-electron chi connectivity index (χ4n) is 1.78. The van der Waals surface area contributed by atoms with Crippen LogP contribution in [0.5, 0.6) is 5.75 Å². The zero-order valence-electron chi connectivity index (χ0n) is 11.6. The molecule has 1 aromatic carbocycles. The lowest BCUT2D eigenvalue weighted by molar-refractivity contribution is 0.128. The molecule has 1 nitrogen and oxygen atoms in total. The first-order valence-electron chi connectivity index (χ1n) is 6.01. The van der Waals surface area contributed by atoms with Crippen LogP contribution in [0.1, 0.15) is 57.2 Å². The molecule has 0 N–H and O–H groups in total. The molecule has 1 aromatic rings. The van der Waals surface area contributed by atoms with Gasteiger partial charge in [-0.3, -0.25) is 0 Å². The molecule has 0 atom stereocenters. The Morgan fingerprint density at radius 2 is 1.44 bits per heavy atom. The second-order valence-electron chi connectivity index (χ2n) is 5.85. The molecule has 0 spiro atoms. The second-order valence-corrected chi connectivity index (χ2v) is 5.85. The molecule has 0 saturated heterocycles. The predicted octanol–water partition coefficient (Wildman–Crippen LogP) is 4.60. The molecule has 0 aliphatic carbocycles. The van der Waals surface area contributed by atoms with E-state index in [4.69, 9.17) is 4.74 Å². The minimum atomic E-state index is -0.130. The number of hydrogen-bond donors (Lipinski definition) is 0. The van der Waals surface area contributed by atoms with Gasteiger partial charge >= 0.3 is 0 Å². The van der Waals surface area contributed by atoms with Gasteiger partial charge in [0.1, 0.15) is 11.4 Å². The average Bonchev–Trinajstić information content (AvgIpc) is 2.09. The van der Waals surface area contributed by atoms with Gasteiger partial charge in [0.2, 0.25) is 0 Å². The molecule has 90 valence electrons. The third-order valence-electron chi connectivity index (χ3n) is 2.56. The molecule has 1 rings (SSSR count). The zero-order chi connectivity index (χ0) is 12.5. The van der Waals surface area contributed by atoms with Gasteiger partial charge < -0.3 is 4.74 Å². The summed E-state index contributed by atoms with van der Waals surface area (Å²) in [5.74, 6) is 1.61. The Bertz CT molecular complexity index is 347. The quantitative estimate of drug-likeness (QED) is 0.707. The van der Waals surface area contributed by atoms with Crippen LogP contribution in [-0.4, -0.2) is 5.60 Å². The normalized spacial score (nSPS) is 12.0. The summed E-state index contributed by atoms with van der Waals surface area (Å²) >= 11 is 0. The van der Waals surface area contributed by atoms with Crippen LogP contribution in [0.25, 0.3) is 0 Å². The van der Waals surface area contributed by atoms with Crippen LogP contribution in [0.3, 0.4) is 0 Å². The summed E-state index contributed by atoms with van der Waals surface area (Å²) in [7, 11) is 0. The van der Waals surface area contributed by atoms with E-state index in [1.165, 1.54) is 16.7 Å². The van der Waals surface area contributed by atoms with Crippen molar-refractivity contribution in [1.29, 1.82) is 0 Å². The van der Waals surface area contributed by atoms with E-state index < -0.39 is 0 Å². The largest absolute Gasteiger partial charge is 0.488 e. The summed E-state index contributed by atoms with van der Waals surface area (Å²) in [5, 5.41) is 0. The maximum absolute atomic E-state index is 6.00. The van der Waals surface area contributed by atoms with Crippen molar-refractivity contribution in [3.63, 3.8) is 0 Å². The summed E-state index contributed by atoms with van der Waals surface area (Å²) in [5.41, 5.74) is 3.73. The smallest absolute Gasteiger partial charge is 0.125 e. The highest BCUT2D eigenvalue weighted by molar-refractivity contribution is 5.44. The first-order valence-corrected chi connectivity index (χ1v) is 6.01. The van der Waals surface area contributed by atoms with Crippen molar-refractivity contribution in [3.05, 3.63) is 28.8 Å². The molecule has 0 radical (unpaired) electrons. The third kappa shape index (κ3) is 3.26. The molecule has 0 aliphatic rings. The minimum absolute atomic E-state index is 0.130. The van der Waals surface area contributed by atoms with E-state index in [1.54, 1.807) is 0 Å². The number of rotatable bonds is 2. The van der Waals surface area contributed by atoms with Crippen molar-refractivity contribution in [2.75, 3.05) is 0 Å². The Morgan fingerprint density at radius 3 is 1.75 bits per heavy atom. The van der Waals surface area contributed by atoms with E-state index in [1.807, 2.05) is 0 Å². The molecule has 0 bridgehead atoms. The van der Waals surface area contributed by atoms with E-state index in [2.05, 4.69) is 60.6 Å². The van der Waals surface area contributed by atoms with Gasteiger partial charge in [0.25, 0.3) is 0 Å². The Hall–Kier alpha value is -0.980. The van der Waals surface area contributed by atoms with Gasteiger partial charge in [-0.2, -0.15) is 0 Å². The van der Waals surface area contributed by atoms with Crippen LogP contribution in [0.4, 0.5) is 0 Å². The van der Waals surface area contributed by atoms with Crippen LogP contribution in [0.2, 0.25) is 0 Å². The summed E-state index contributed by atoms with van der Waals surface area (Å²) in [6.07, 6.45) is 0. The minimum Gasteiger partial charge on any atom is -0.488 e. The molecule has 0 aliphatic heterocycles. The lowest BCUT2D eigenvalue weighted by Gasteiger charge is -2.25. The molecule has 1 heteroatoms. The van der Waals surface area contributed by atoms with Crippen molar-refractivity contribution >= 4 is 0 Å². The second kappa shape index (κ2) is 4.48. The number of ether oxygens (including phenoxy) is 1. The van der Waals surface area contributed by atoms with Crippen molar-refractivity contribution in [3.8, 4) is 5.75 Å². The molecule has 0 aromatic heterocycles. The van der Waals surface area contributed by atoms with Crippen LogP contribution >= 0.6 is 0 Å². The van der Waals surface area contributed by atoms with E-state index in [9.17, 15) is 0 Å². The van der Waals surface area contributed by atoms with E-state index in [0.29, 0.717) is 5.92 Å². The van der Waals surface area contributed by atoms with E-state index in [-0.39, 0.29) is 5.60 Å². The topological polar surface area (TPSA) is 9.23 Å². The van der Waals surface area contributed by atoms with Gasteiger partial charge in [-0.05, 0) is 57.2 Å². The molecule has 0 unspecified atom stereocenters. The van der Waals surface area contributed by atoms with Crippen LogP contribution < -0.4 is 4.74 Å². The summed E-state index contributed by atoms with van der Waals surface area (Å²) in [4.78, 5) is 0. The highest BCUT2D eigenvalue weighted by Crippen LogP contribution is 2.30. The molecular weight excluding hydrogens is 196 g/mol. The number of benzene rings is 1. The third-order valence-corrected chi connectivity index (χ3v) is 2.56. The SMILES string of the molecule is Cc1cc(C(C)C)cc(C)c1OC(C)(C)C. The molecule has 16 heavy (non-hydrogen) atoms. The van der Waals surface area contributed by atoms with Gasteiger partial charge in [0, 0.05) is 0 Å². The first kappa shape index (κ1) is 13.1. The Kier molecular flexibility index (Phi) is 3.67. The monoisotopic (exact) mass is 220 g/mol. The van der Waals surface area contributed by atoms with Crippen molar-refractivity contribution < 1.29 is 4.74 Å². The molecule has 0 amide bonds. The van der Waals surface area contributed by atoms with Crippen LogP contribution in [0, 0.1) is 13.8 Å². The van der Waals surface area contributed by atoms with Gasteiger partial charge in [0.05, 0.1) is 0 Å². The van der Waals surface area contributed by atoms with Gasteiger partial charge in [-0.15, -0.1) is 0 Å².